The zero-order valence-corrected chi connectivity index (χ0v) is 17.2. The van der Waals surface area contributed by atoms with Gasteiger partial charge in [0.1, 0.15) is 11.8 Å². The summed E-state index contributed by atoms with van der Waals surface area (Å²) >= 11 is 3.38. The van der Waals surface area contributed by atoms with Crippen molar-refractivity contribution >= 4 is 38.7 Å². The molecule has 2 heterocycles. The molecule has 1 aliphatic heterocycles. The van der Waals surface area contributed by atoms with Crippen molar-refractivity contribution in [2.24, 2.45) is 0 Å². The van der Waals surface area contributed by atoms with Crippen LogP contribution in [0.15, 0.2) is 59.1 Å². The van der Waals surface area contributed by atoms with Gasteiger partial charge in [0.05, 0.1) is 5.52 Å². The summed E-state index contributed by atoms with van der Waals surface area (Å²) < 4.78 is 8.12. The molecule has 1 atom stereocenters. The summed E-state index contributed by atoms with van der Waals surface area (Å²) in [6.07, 6.45) is 1.69. The number of ether oxygens (including phenoxy) is 1. The standard InChI is InChI=1S/C22H21BrN2O3/c1-24-12-4-6-18(14-24)28-22(27)20-13-16-5-2-3-7-19(16)25(20)21(26)15-8-10-17(23)11-9-15/h2-3,5,7-11,13,18H,4,6,12,14H2,1H3. The van der Waals surface area contributed by atoms with Crippen molar-refractivity contribution in [1.82, 2.24) is 9.47 Å². The quantitative estimate of drug-likeness (QED) is 0.568. The SMILES string of the molecule is CN1CCCC(OC(=O)c2cc3ccccc3n2C(=O)c2ccc(Br)cc2)C1. The number of nitrogens with zero attached hydrogens (tertiary/aromatic N) is 2. The number of fused-ring (bicyclic) bond motifs is 1. The highest BCUT2D eigenvalue weighted by atomic mass is 79.9. The molecule has 0 radical (unpaired) electrons. The highest BCUT2D eigenvalue weighted by Crippen LogP contribution is 2.24. The lowest BCUT2D eigenvalue weighted by atomic mass is 10.1. The van der Waals surface area contributed by atoms with Gasteiger partial charge < -0.3 is 9.64 Å². The van der Waals surface area contributed by atoms with Crippen LogP contribution in [0.5, 0.6) is 0 Å². The predicted octanol–water partition coefficient (Wildman–Crippen LogP) is 4.34. The van der Waals surface area contributed by atoms with Gasteiger partial charge in [-0.05, 0) is 62.8 Å². The minimum absolute atomic E-state index is 0.152. The van der Waals surface area contributed by atoms with Gasteiger partial charge in [-0.25, -0.2) is 4.79 Å². The van der Waals surface area contributed by atoms with Gasteiger partial charge in [0, 0.05) is 22.0 Å². The first-order valence-corrected chi connectivity index (χ1v) is 10.1. The number of piperidine rings is 1. The Morgan fingerprint density at radius 2 is 1.86 bits per heavy atom. The molecular formula is C22H21BrN2O3. The first kappa shape index (κ1) is 18.9. The Hall–Kier alpha value is -2.44. The maximum Gasteiger partial charge on any atom is 0.355 e. The van der Waals surface area contributed by atoms with Crippen LogP contribution in [0.4, 0.5) is 0 Å². The summed E-state index contributed by atoms with van der Waals surface area (Å²) in [6, 6.07) is 16.3. The van der Waals surface area contributed by atoms with E-state index in [4.69, 9.17) is 4.74 Å². The molecule has 4 rings (SSSR count). The van der Waals surface area contributed by atoms with Gasteiger partial charge in [-0.15, -0.1) is 0 Å². The maximum atomic E-state index is 13.2. The van der Waals surface area contributed by atoms with Crippen molar-refractivity contribution in [3.8, 4) is 0 Å². The molecule has 1 fully saturated rings. The normalized spacial score (nSPS) is 17.6. The van der Waals surface area contributed by atoms with Crippen LogP contribution < -0.4 is 0 Å². The number of likely N-dealkylation sites (tertiary alicyclic amines) is 1. The van der Waals surface area contributed by atoms with E-state index in [2.05, 4.69) is 20.8 Å². The molecule has 144 valence electrons. The number of halogens is 1. The molecule has 0 amide bonds. The van der Waals surface area contributed by atoms with Gasteiger partial charge in [0.25, 0.3) is 5.91 Å². The number of benzene rings is 2. The number of likely N-dealkylation sites (N-methyl/N-ethyl adjacent to an activating group) is 1. The lowest BCUT2D eigenvalue weighted by molar-refractivity contribution is 0.00979. The second-order valence-electron chi connectivity index (χ2n) is 7.17. The molecule has 1 aromatic heterocycles. The predicted molar refractivity (Wildman–Crippen MR) is 112 cm³/mol. The lowest BCUT2D eigenvalue weighted by Crippen LogP contribution is -2.38. The average Bonchev–Trinajstić information content (AvgIpc) is 3.08. The number of hydrogen-bond donors (Lipinski definition) is 0. The minimum Gasteiger partial charge on any atom is -0.456 e. The van der Waals surface area contributed by atoms with Gasteiger partial charge in [-0.2, -0.15) is 0 Å². The summed E-state index contributed by atoms with van der Waals surface area (Å²) in [7, 11) is 2.02. The molecule has 1 saturated heterocycles. The molecule has 1 aliphatic rings. The molecule has 0 aliphatic carbocycles. The monoisotopic (exact) mass is 440 g/mol. The fourth-order valence-electron chi connectivity index (χ4n) is 3.67. The Morgan fingerprint density at radius 1 is 1.11 bits per heavy atom. The Kier molecular flexibility index (Phi) is 5.33. The summed E-state index contributed by atoms with van der Waals surface area (Å²) in [5, 5.41) is 0.834. The molecule has 0 N–H and O–H groups in total. The fourth-order valence-corrected chi connectivity index (χ4v) is 3.94. The second-order valence-corrected chi connectivity index (χ2v) is 8.08. The molecule has 6 heteroatoms. The highest BCUT2D eigenvalue weighted by molar-refractivity contribution is 9.10. The van der Waals surface area contributed by atoms with E-state index in [9.17, 15) is 9.59 Å². The Balaban J connectivity index is 1.71. The van der Waals surface area contributed by atoms with Crippen LogP contribution in [0.3, 0.4) is 0 Å². The average molecular weight is 441 g/mol. The van der Waals surface area contributed by atoms with Crippen molar-refractivity contribution in [2.45, 2.75) is 18.9 Å². The molecule has 5 nitrogen and oxygen atoms in total. The van der Waals surface area contributed by atoms with E-state index in [1.807, 2.05) is 43.4 Å². The van der Waals surface area contributed by atoms with E-state index in [1.165, 1.54) is 4.57 Å². The van der Waals surface area contributed by atoms with Gasteiger partial charge in [0.15, 0.2) is 0 Å². The summed E-state index contributed by atoms with van der Waals surface area (Å²) in [5.41, 5.74) is 1.47. The van der Waals surface area contributed by atoms with Crippen molar-refractivity contribution in [3.05, 3.63) is 70.3 Å². The van der Waals surface area contributed by atoms with Crippen molar-refractivity contribution < 1.29 is 14.3 Å². The van der Waals surface area contributed by atoms with Gasteiger partial charge in [-0.3, -0.25) is 9.36 Å². The number of aromatic nitrogens is 1. The van der Waals surface area contributed by atoms with E-state index in [1.54, 1.807) is 18.2 Å². The third-order valence-corrected chi connectivity index (χ3v) is 5.60. The molecule has 0 spiro atoms. The first-order chi connectivity index (χ1) is 13.5. The van der Waals surface area contributed by atoms with Crippen LogP contribution in [0.2, 0.25) is 0 Å². The van der Waals surface area contributed by atoms with Crippen LogP contribution in [-0.4, -0.2) is 47.6 Å². The molecule has 3 aromatic rings. The van der Waals surface area contributed by atoms with Crippen molar-refractivity contribution in [3.63, 3.8) is 0 Å². The van der Waals surface area contributed by atoms with E-state index in [-0.39, 0.29) is 17.7 Å². The topological polar surface area (TPSA) is 51.5 Å². The smallest absolute Gasteiger partial charge is 0.355 e. The molecule has 0 saturated carbocycles. The zero-order chi connectivity index (χ0) is 19.7. The highest BCUT2D eigenvalue weighted by Gasteiger charge is 2.26. The third-order valence-electron chi connectivity index (χ3n) is 5.07. The van der Waals surface area contributed by atoms with Crippen LogP contribution in [0, 0.1) is 0 Å². The number of carbonyl (C=O) groups is 2. The van der Waals surface area contributed by atoms with Crippen LogP contribution in [0.25, 0.3) is 10.9 Å². The van der Waals surface area contributed by atoms with Gasteiger partial charge in [0.2, 0.25) is 0 Å². The Labute approximate surface area is 172 Å². The number of carbonyl (C=O) groups excluding carboxylic acids is 2. The van der Waals surface area contributed by atoms with Crippen molar-refractivity contribution in [2.75, 3.05) is 20.1 Å². The first-order valence-electron chi connectivity index (χ1n) is 9.33. The summed E-state index contributed by atoms with van der Waals surface area (Å²) in [6.45, 7) is 1.73. The molecular weight excluding hydrogens is 420 g/mol. The van der Waals surface area contributed by atoms with Crippen LogP contribution in [-0.2, 0) is 4.74 Å². The number of para-hydroxylation sites is 1. The minimum atomic E-state index is -0.457. The van der Waals surface area contributed by atoms with E-state index >= 15 is 0 Å². The zero-order valence-electron chi connectivity index (χ0n) is 15.6. The Morgan fingerprint density at radius 3 is 2.61 bits per heavy atom. The number of esters is 1. The number of hydrogen-bond acceptors (Lipinski definition) is 4. The summed E-state index contributed by atoms with van der Waals surface area (Å²) in [4.78, 5) is 28.4. The van der Waals surface area contributed by atoms with E-state index in [0.29, 0.717) is 17.6 Å². The molecule has 2 aromatic carbocycles. The molecule has 1 unspecified atom stereocenters. The third kappa shape index (κ3) is 3.75. The maximum absolute atomic E-state index is 13.2. The molecule has 0 bridgehead atoms. The molecule has 28 heavy (non-hydrogen) atoms. The van der Waals surface area contributed by atoms with Gasteiger partial charge in [-0.1, -0.05) is 34.1 Å². The fraction of sp³-hybridized carbons (Fsp3) is 0.273. The van der Waals surface area contributed by atoms with Crippen LogP contribution >= 0.6 is 15.9 Å². The largest absolute Gasteiger partial charge is 0.456 e. The summed E-state index contributed by atoms with van der Waals surface area (Å²) in [5.74, 6) is -0.705. The lowest BCUT2D eigenvalue weighted by Gasteiger charge is -2.29. The second kappa shape index (κ2) is 7.89. The van der Waals surface area contributed by atoms with E-state index in [0.717, 1.165) is 29.2 Å². The van der Waals surface area contributed by atoms with E-state index < -0.39 is 5.97 Å². The number of rotatable bonds is 3. The Bertz CT molecular complexity index is 1030. The van der Waals surface area contributed by atoms with Gasteiger partial charge >= 0.3 is 5.97 Å². The van der Waals surface area contributed by atoms with Crippen LogP contribution in [0.1, 0.15) is 33.7 Å². The van der Waals surface area contributed by atoms with Crippen molar-refractivity contribution in [1.29, 1.82) is 0 Å².